The average molecular weight is 574 g/mol. The molecular weight excluding hydrogens is 535 g/mol. The number of rotatable bonds is 9. The summed E-state index contributed by atoms with van der Waals surface area (Å²) in [4.78, 5) is 65.8. The van der Waals surface area contributed by atoms with E-state index in [1.807, 2.05) is 0 Å². The van der Waals surface area contributed by atoms with Crippen LogP contribution in [0, 0.1) is 23.7 Å². The SMILES string of the molecule is CC(C)(C)OC(=O)N[C@H](C(=O)N1C[C@@H]2[C@H]([C@H]1C(=O)NC(CC1CC1)C(=O)C(N)=O)C2(Cl)Cl)C1CCCCC1. The van der Waals surface area contributed by atoms with Crippen molar-refractivity contribution in [1.29, 1.82) is 0 Å². The van der Waals surface area contributed by atoms with Gasteiger partial charge in [-0.25, -0.2) is 4.79 Å². The van der Waals surface area contributed by atoms with Crippen LogP contribution in [0.1, 0.15) is 72.1 Å². The van der Waals surface area contributed by atoms with E-state index in [0.29, 0.717) is 6.42 Å². The number of alkyl halides is 2. The van der Waals surface area contributed by atoms with Crippen LogP contribution in [-0.2, 0) is 23.9 Å². The Hall–Kier alpha value is -2.07. The number of halogens is 2. The second kappa shape index (κ2) is 10.8. The molecule has 0 aromatic rings. The maximum atomic E-state index is 14.0. The predicted octanol–water partition coefficient (Wildman–Crippen LogP) is 2.43. The molecule has 4 N–H and O–H groups in total. The number of piperidine rings is 1. The minimum absolute atomic E-state index is 0.111. The fourth-order valence-electron chi connectivity index (χ4n) is 5.94. The number of hydrogen-bond donors (Lipinski definition) is 3. The molecular formula is C26H38Cl2N4O6. The number of carbonyl (C=O) groups excluding carboxylic acids is 5. The van der Waals surface area contributed by atoms with Crippen molar-refractivity contribution in [3.63, 3.8) is 0 Å². The number of nitrogens with zero attached hydrogens (tertiary/aromatic N) is 1. The number of nitrogens with one attached hydrogen (secondary N) is 2. The number of ketones is 1. The van der Waals surface area contributed by atoms with Crippen LogP contribution in [0.15, 0.2) is 0 Å². The van der Waals surface area contributed by atoms with E-state index in [4.69, 9.17) is 33.7 Å². The summed E-state index contributed by atoms with van der Waals surface area (Å²) in [6, 6.07) is -3.00. The Bertz CT molecular complexity index is 989. The molecule has 0 spiro atoms. The van der Waals surface area contributed by atoms with Crippen molar-refractivity contribution in [3.05, 3.63) is 0 Å². The van der Waals surface area contributed by atoms with Gasteiger partial charge in [-0.05, 0) is 51.9 Å². The summed E-state index contributed by atoms with van der Waals surface area (Å²) >= 11 is 12.9. The molecule has 1 unspecified atom stereocenters. The second-order valence-corrected chi connectivity index (χ2v) is 13.7. The zero-order chi connectivity index (χ0) is 28.0. The van der Waals surface area contributed by atoms with Crippen LogP contribution in [0.5, 0.6) is 0 Å². The number of likely N-dealkylation sites (tertiary alicyclic amines) is 1. The van der Waals surface area contributed by atoms with Crippen molar-refractivity contribution < 1.29 is 28.7 Å². The van der Waals surface area contributed by atoms with Crippen molar-refractivity contribution in [3.8, 4) is 0 Å². The summed E-state index contributed by atoms with van der Waals surface area (Å²) < 4.78 is 4.25. The smallest absolute Gasteiger partial charge is 0.408 e. The number of nitrogens with two attached hydrogens (primary N) is 1. The number of fused-ring (bicyclic) bond motifs is 1. The molecule has 1 saturated heterocycles. The Labute approximate surface area is 233 Å². The Morgan fingerprint density at radius 2 is 1.66 bits per heavy atom. The number of alkyl carbamates (subject to hydrolysis) is 1. The van der Waals surface area contributed by atoms with Gasteiger partial charge in [-0.3, -0.25) is 19.2 Å². The van der Waals surface area contributed by atoms with Gasteiger partial charge in [-0.15, -0.1) is 23.2 Å². The number of amides is 4. The molecule has 4 aliphatic rings. The molecule has 0 bridgehead atoms. The lowest BCUT2D eigenvalue weighted by molar-refractivity contribution is -0.144. The second-order valence-electron chi connectivity index (χ2n) is 12.2. The summed E-state index contributed by atoms with van der Waals surface area (Å²) in [5.74, 6) is -3.74. The summed E-state index contributed by atoms with van der Waals surface area (Å²) in [5, 5.41) is 5.44. The first-order valence-corrected chi connectivity index (χ1v) is 14.3. The molecule has 212 valence electrons. The molecule has 0 aromatic carbocycles. The van der Waals surface area contributed by atoms with Gasteiger partial charge < -0.3 is 26.0 Å². The Balaban J connectivity index is 1.55. The van der Waals surface area contributed by atoms with Crippen LogP contribution in [0.4, 0.5) is 4.79 Å². The molecule has 12 heteroatoms. The van der Waals surface area contributed by atoms with Gasteiger partial charge in [0.2, 0.25) is 17.6 Å². The fourth-order valence-corrected chi connectivity index (χ4v) is 6.77. The van der Waals surface area contributed by atoms with Gasteiger partial charge in [0, 0.05) is 18.4 Å². The standard InChI is InChI=1S/C26H38Cl2N4O6/c1-25(2,3)38-24(37)31-18(14-7-5-4-6-8-14)23(36)32-12-15-17(26(15,27)28)19(32)22(35)30-16(11-13-9-10-13)20(33)21(29)34/h13-19H,4-12H2,1-3H3,(H2,29,34)(H,30,35)(H,31,37)/t15-,16?,17-,18+,19+/m1/s1. The van der Waals surface area contributed by atoms with Crippen LogP contribution in [0.25, 0.3) is 0 Å². The van der Waals surface area contributed by atoms with E-state index in [2.05, 4.69) is 10.6 Å². The number of primary amides is 1. The van der Waals surface area contributed by atoms with Gasteiger partial charge >= 0.3 is 6.09 Å². The molecule has 1 heterocycles. The highest BCUT2D eigenvalue weighted by Crippen LogP contribution is 2.65. The van der Waals surface area contributed by atoms with Crippen molar-refractivity contribution >= 4 is 52.8 Å². The van der Waals surface area contributed by atoms with E-state index >= 15 is 0 Å². The van der Waals surface area contributed by atoms with Crippen molar-refractivity contribution in [2.45, 2.75) is 100 Å². The van der Waals surface area contributed by atoms with Gasteiger partial charge in [0.15, 0.2) is 0 Å². The molecule has 10 nitrogen and oxygen atoms in total. The van der Waals surface area contributed by atoms with Crippen LogP contribution in [0.3, 0.4) is 0 Å². The zero-order valence-corrected chi connectivity index (χ0v) is 23.6. The fraction of sp³-hybridized carbons (Fsp3) is 0.808. The van der Waals surface area contributed by atoms with Gasteiger partial charge in [-0.2, -0.15) is 0 Å². The Morgan fingerprint density at radius 1 is 1.03 bits per heavy atom. The molecule has 1 aliphatic heterocycles. The minimum Gasteiger partial charge on any atom is -0.444 e. The van der Waals surface area contributed by atoms with Gasteiger partial charge in [-0.1, -0.05) is 32.1 Å². The molecule has 38 heavy (non-hydrogen) atoms. The molecule has 3 aliphatic carbocycles. The van der Waals surface area contributed by atoms with Crippen molar-refractivity contribution in [2.75, 3.05) is 6.54 Å². The van der Waals surface area contributed by atoms with E-state index in [1.54, 1.807) is 20.8 Å². The summed E-state index contributed by atoms with van der Waals surface area (Å²) in [7, 11) is 0. The molecule has 0 radical (unpaired) electrons. The quantitative estimate of drug-likeness (QED) is 0.285. The third kappa shape index (κ3) is 6.38. The molecule has 4 amide bonds. The van der Waals surface area contributed by atoms with Crippen molar-refractivity contribution in [1.82, 2.24) is 15.5 Å². The average Bonchev–Trinajstić information content (AvgIpc) is 3.68. The van der Waals surface area contributed by atoms with Crippen molar-refractivity contribution in [2.24, 2.45) is 29.4 Å². The summed E-state index contributed by atoms with van der Waals surface area (Å²) in [6.45, 7) is 5.36. The number of Topliss-reactive ketones (excluding diaryl/α,β-unsaturated/α-hetero) is 1. The van der Waals surface area contributed by atoms with E-state index in [1.165, 1.54) is 4.90 Å². The maximum Gasteiger partial charge on any atom is 0.408 e. The first kappa shape index (κ1) is 28.9. The van der Waals surface area contributed by atoms with Gasteiger partial charge in [0.25, 0.3) is 5.91 Å². The van der Waals surface area contributed by atoms with Crippen LogP contribution < -0.4 is 16.4 Å². The molecule has 3 saturated carbocycles. The van der Waals surface area contributed by atoms with Crippen LogP contribution >= 0.6 is 23.2 Å². The summed E-state index contributed by atoms with van der Waals surface area (Å²) in [6.07, 6.45) is 5.86. The number of carbonyl (C=O) groups is 5. The third-order valence-electron chi connectivity index (χ3n) is 8.09. The highest BCUT2D eigenvalue weighted by molar-refractivity contribution is 6.51. The molecule has 0 aromatic heterocycles. The summed E-state index contributed by atoms with van der Waals surface area (Å²) in [5.41, 5.74) is 4.48. The highest BCUT2D eigenvalue weighted by Gasteiger charge is 2.74. The zero-order valence-electron chi connectivity index (χ0n) is 22.1. The normalized spacial score (nSPS) is 28.0. The first-order chi connectivity index (χ1) is 17.7. The van der Waals surface area contributed by atoms with E-state index < -0.39 is 63.6 Å². The monoisotopic (exact) mass is 572 g/mol. The Kier molecular flexibility index (Phi) is 8.25. The number of hydrogen-bond acceptors (Lipinski definition) is 6. The topological polar surface area (TPSA) is 148 Å². The molecule has 4 fully saturated rings. The van der Waals surface area contributed by atoms with E-state index in [-0.39, 0.29) is 24.3 Å². The third-order valence-corrected chi connectivity index (χ3v) is 9.15. The minimum atomic E-state index is -1.18. The number of ether oxygens (including phenoxy) is 1. The van der Waals surface area contributed by atoms with Crippen LogP contribution in [0.2, 0.25) is 0 Å². The van der Waals surface area contributed by atoms with Crippen LogP contribution in [-0.4, -0.2) is 69.1 Å². The van der Waals surface area contributed by atoms with Gasteiger partial charge in [0.1, 0.15) is 22.0 Å². The predicted molar refractivity (Wildman–Crippen MR) is 140 cm³/mol. The lowest BCUT2D eigenvalue weighted by Crippen LogP contribution is -2.60. The van der Waals surface area contributed by atoms with E-state index in [0.717, 1.165) is 44.9 Å². The van der Waals surface area contributed by atoms with E-state index in [9.17, 15) is 24.0 Å². The first-order valence-electron chi connectivity index (χ1n) is 13.5. The molecule has 4 rings (SSSR count). The lowest BCUT2D eigenvalue weighted by Gasteiger charge is -2.36. The maximum absolute atomic E-state index is 14.0. The Morgan fingerprint density at radius 3 is 2.21 bits per heavy atom. The lowest BCUT2D eigenvalue weighted by atomic mass is 9.83. The largest absolute Gasteiger partial charge is 0.444 e. The molecule has 5 atom stereocenters. The highest BCUT2D eigenvalue weighted by atomic mass is 35.5. The van der Waals surface area contributed by atoms with Gasteiger partial charge in [0.05, 0.1) is 6.04 Å².